The van der Waals surface area contributed by atoms with Gasteiger partial charge >= 0.3 is 0 Å². The number of rotatable bonds is 5. The lowest BCUT2D eigenvalue weighted by molar-refractivity contribution is -0.131. The quantitative estimate of drug-likeness (QED) is 0.566. The summed E-state index contributed by atoms with van der Waals surface area (Å²) in [5, 5.41) is 2.17. The average molecular weight is 378 g/mol. The number of amides is 1. The van der Waals surface area contributed by atoms with E-state index in [0.29, 0.717) is 5.75 Å². The van der Waals surface area contributed by atoms with Gasteiger partial charge in [0.2, 0.25) is 5.91 Å². The molecule has 1 amide bonds. The first-order valence-corrected chi connectivity index (χ1v) is 10.9. The minimum absolute atomic E-state index is 0.180. The molecule has 2 heterocycles. The highest BCUT2D eigenvalue weighted by molar-refractivity contribution is 8.00. The van der Waals surface area contributed by atoms with Gasteiger partial charge in [-0.25, -0.2) is 9.97 Å². The first-order valence-electron chi connectivity index (χ1n) is 9.07. The van der Waals surface area contributed by atoms with Crippen molar-refractivity contribution in [2.75, 3.05) is 5.75 Å². The molecule has 2 aromatic heterocycles. The Bertz CT molecular complexity index is 761. The molecule has 0 N–H and O–H groups in total. The molecule has 0 aromatic carbocycles. The minimum atomic E-state index is 0.180. The summed E-state index contributed by atoms with van der Waals surface area (Å²) in [5.41, 5.74) is 1.43. The molecule has 0 aliphatic heterocycles. The van der Waals surface area contributed by atoms with Crippen molar-refractivity contribution in [3.8, 4) is 0 Å². The topological polar surface area (TPSA) is 46.1 Å². The van der Waals surface area contributed by atoms with Crippen LogP contribution in [0.1, 0.15) is 51.5 Å². The second-order valence-corrected chi connectivity index (χ2v) is 9.54. The molecule has 2 aromatic rings. The fraction of sp³-hybridized carbons (Fsp3) is 0.632. The molecule has 0 spiro atoms. The van der Waals surface area contributed by atoms with Gasteiger partial charge in [-0.1, -0.05) is 18.7 Å². The highest BCUT2D eigenvalue weighted by atomic mass is 32.2. The number of fused-ring (bicyclic) bond motifs is 3. The molecule has 0 radical (unpaired) electrons. The lowest BCUT2D eigenvalue weighted by Gasteiger charge is -2.30. The second kappa shape index (κ2) is 7.62. The number of thioether (sulfide) groups is 1. The number of thiophene rings is 1. The van der Waals surface area contributed by atoms with E-state index in [4.69, 9.17) is 0 Å². The standard InChI is InChI=1S/C19H27N3OS2/c1-11(2)22(12(3)4)16(23)9-24-18-17-14-7-6-13(5)8-15(14)25-19(17)21-10-20-18/h10-13H,6-9H2,1-5H3. The second-order valence-electron chi connectivity index (χ2n) is 7.49. The van der Waals surface area contributed by atoms with Crippen molar-refractivity contribution >= 4 is 39.2 Å². The number of hydrogen-bond donors (Lipinski definition) is 0. The van der Waals surface area contributed by atoms with Gasteiger partial charge in [0.15, 0.2) is 0 Å². The van der Waals surface area contributed by atoms with E-state index in [-0.39, 0.29) is 18.0 Å². The summed E-state index contributed by atoms with van der Waals surface area (Å²) in [7, 11) is 0. The van der Waals surface area contributed by atoms with E-state index < -0.39 is 0 Å². The van der Waals surface area contributed by atoms with E-state index in [9.17, 15) is 4.79 Å². The Morgan fingerprint density at radius 2 is 2.04 bits per heavy atom. The van der Waals surface area contributed by atoms with Crippen molar-refractivity contribution in [1.82, 2.24) is 14.9 Å². The van der Waals surface area contributed by atoms with Gasteiger partial charge in [0.05, 0.1) is 5.75 Å². The predicted molar refractivity (Wildman–Crippen MR) is 106 cm³/mol. The lowest BCUT2D eigenvalue weighted by atomic mass is 9.89. The number of aromatic nitrogens is 2. The smallest absolute Gasteiger partial charge is 0.233 e. The Balaban J connectivity index is 1.84. The first kappa shape index (κ1) is 18.6. The summed E-state index contributed by atoms with van der Waals surface area (Å²) in [5.74, 6) is 1.36. The van der Waals surface area contributed by atoms with Crippen LogP contribution in [0.3, 0.4) is 0 Å². The highest BCUT2D eigenvalue weighted by Gasteiger charge is 2.25. The number of aryl methyl sites for hydroxylation is 1. The fourth-order valence-electron chi connectivity index (χ4n) is 3.73. The molecule has 4 nitrogen and oxygen atoms in total. The van der Waals surface area contributed by atoms with Crippen LogP contribution in [0.4, 0.5) is 0 Å². The molecular formula is C19H27N3OS2. The van der Waals surface area contributed by atoms with Crippen LogP contribution >= 0.6 is 23.1 Å². The van der Waals surface area contributed by atoms with Crippen molar-refractivity contribution in [3.05, 3.63) is 16.8 Å². The third-order valence-electron chi connectivity index (χ3n) is 4.79. The lowest BCUT2D eigenvalue weighted by Crippen LogP contribution is -2.43. The summed E-state index contributed by atoms with van der Waals surface area (Å²) in [6.07, 6.45) is 5.12. The Labute approximate surface area is 158 Å². The molecule has 3 rings (SSSR count). The third-order valence-corrected chi connectivity index (χ3v) is 6.93. The van der Waals surface area contributed by atoms with Gasteiger partial charge in [-0.05, 0) is 58.4 Å². The monoisotopic (exact) mass is 377 g/mol. The van der Waals surface area contributed by atoms with Crippen molar-refractivity contribution in [1.29, 1.82) is 0 Å². The zero-order valence-corrected chi connectivity index (χ0v) is 17.3. The zero-order valence-electron chi connectivity index (χ0n) is 15.7. The minimum Gasteiger partial charge on any atom is -0.337 e. The molecule has 1 aliphatic rings. The molecule has 136 valence electrons. The molecular weight excluding hydrogens is 350 g/mol. The first-order chi connectivity index (χ1) is 11.9. The zero-order chi connectivity index (χ0) is 18.1. The van der Waals surface area contributed by atoms with Crippen LogP contribution in [0.15, 0.2) is 11.4 Å². The summed E-state index contributed by atoms with van der Waals surface area (Å²) < 4.78 is 0. The van der Waals surface area contributed by atoms with Crippen LogP contribution in [0, 0.1) is 5.92 Å². The number of carbonyl (C=O) groups excluding carboxylic acids is 1. The fourth-order valence-corrected chi connectivity index (χ4v) is 6.04. The van der Waals surface area contributed by atoms with Gasteiger partial charge in [-0.15, -0.1) is 11.3 Å². The Morgan fingerprint density at radius 3 is 2.72 bits per heavy atom. The van der Waals surface area contributed by atoms with Gasteiger partial charge in [0.25, 0.3) is 0 Å². The normalized spacial score (nSPS) is 17.3. The molecule has 1 aliphatic carbocycles. The molecule has 0 saturated carbocycles. The van der Waals surface area contributed by atoms with E-state index in [2.05, 4.69) is 44.6 Å². The van der Waals surface area contributed by atoms with Gasteiger partial charge in [0.1, 0.15) is 16.2 Å². The van der Waals surface area contributed by atoms with E-state index in [0.717, 1.165) is 28.6 Å². The summed E-state index contributed by atoms with van der Waals surface area (Å²) in [6, 6.07) is 0.433. The van der Waals surface area contributed by atoms with E-state index in [1.165, 1.54) is 22.2 Å². The number of nitrogens with zero attached hydrogens (tertiary/aromatic N) is 3. The highest BCUT2D eigenvalue weighted by Crippen LogP contribution is 2.40. The molecule has 1 atom stereocenters. The number of carbonyl (C=O) groups is 1. The van der Waals surface area contributed by atoms with Crippen molar-refractivity contribution in [3.63, 3.8) is 0 Å². The Kier molecular flexibility index (Phi) is 5.68. The SMILES string of the molecule is CC1CCc2c(sc3ncnc(SCC(=O)N(C(C)C)C(C)C)c23)C1. The predicted octanol–water partition coefficient (Wildman–Crippen LogP) is 4.55. The summed E-state index contributed by atoms with van der Waals surface area (Å²) >= 11 is 3.37. The van der Waals surface area contributed by atoms with Crippen LogP contribution < -0.4 is 0 Å². The average Bonchev–Trinajstić information content (AvgIpc) is 2.89. The third kappa shape index (κ3) is 3.85. The van der Waals surface area contributed by atoms with E-state index >= 15 is 0 Å². The maximum absolute atomic E-state index is 12.7. The van der Waals surface area contributed by atoms with Crippen molar-refractivity contribution in [2.24, 2.45) is 5.92 Å². The summed E-state index contributed by atoms with van der Waals surface area (Å²) in [4.78, 5) is 26.2. The van der Waals surface area contributed by atoms with Crippen LogP contribution in [-0.4, -0.2) is 38.6 Å². The Hall–Kier alpha value is -1.14. The van der Waals surface area contributed by atoms with Crippen LogP contribution in [-0.2, 0) is 17.6 Å². The molecule has 25 heavy (non-hydrogen) atoms. The molecule has 1 unspecified atom stereocenters. The van der Waals surface area contributed by atoms with Crippen LogP contribution in [0.5, 0.6) is 0 Å². The van der Waals surface area contributed by atoms with Gasteiger partial charge in [0, 0.05) is 22.3 Å². The van der Waals surface area contributed by atoms with Gasteiger partial charge < -0.3 is 4.90 Å². The van der Waals surface area contributed by atoms with Crippen molar-refractivity contribution in [2.45, 2.75) is 71.0 Å². The molecule has 0 bridgehead atoms. The maximum atomic E-state index is 12.7. The number of hydrogen-bond acceptors (Lipinski definition) is 5. The van der Waals surface area contributed by atoms with Crippen molar-refractivity contribution < 1.29 is 4.79 Å². The van der Waals surface area contributed by atoms with Crippen LogP contribution in [0.25, 0.3) is 10.2 Å². The molecule has 0 saturated heterocycles. The molecule has 0 fully saturated rings. The van der Waals surface area contributed by atoms with Gasteiger partial charge in [-0.3, -0.25) is 4.79 Å². The van der Waals surface area contributed by atoms with E-state index in [1.807, 2.05) is 16.2 Å². The van der Waals surface area contributed by atoms with Gasteiger partial charge in [-0.2, -0.15) is 0 Å². The molecule has 6 heteroatoms. The van der Waals surface area contributed by atoms with E-state index in [1.54, 1.807) is 18.1 Å². The summed E-state index contributed by atoms with van der Waals surface area (Å²) in [6.45, 7) is 10.6. The van der Waals surface area contributed by atoms with Crippen LogP contribution in [0.2, 0.25) is 0 Å². The largest absolute Gasteiger partial charge is 0.337 e. The Morgan fingerprint density at radius 1 is 1.32 bits per heavy atom. The maximum Gasteiger partial charge on any atom is 0.233 e.